The van der Waals surface area contributed by atoms with E-state index in [0.29, 0.717) is 12.3 Å². The fraction of sp³-hybridized carbons (Fsp3) is 0.500. The van der Waals surface area contributed by atoms with E-state index in [1.54, 1.807) is 11.1 Å². The highest BCUT2D eigenvalue weighted by molar-refractivity contribution is 6.19. The third-order valence-electron chi connectivity index (χ3n) is 1.56. The van der Waals surface area contributed by atoms with Gasteiger partial charge in [-0.25, -0.2) is 0 Å². The zero-order valence-corrected chi connectivity index (χ0v) is 8.81. The molecule has 0 radical (unpaired) electrons. The predicted molar refractivity (Wildman–Crippen MR) is 56.7 cm³/mol. The van der Waals surface area contributed by atoms with Crippen LogP contribution in [0.5, 0.6) is 0 Å². The first kappa shape index (κ1) is 12.2. The Balaban J connectivity index is 0.000000252. The molecule has 1 aliphatic heterocycles. The molecule has 0 aromatic carbocycles. The standard InChI is InChI=1S/C6H9NO.C4H7Cl/c1-2-7-5-3-4-6(7)8;1-4(2)3-5/h2H,1,3-5H2;1,3H2,2H3. The van der Waals surface area contributed by atoms with Crippen molar-refractivity contribution in [3.63, 3.8) is 0 Å². The monoisotopic (exact) mass is 201 g/mol. The van der Waals surface area contributed by atoms with Crippen LogP contribution in [0.15, 0.2) is 24.9 Å². The number of hydrogen-bond acceptors (Lipinski definition) is 1. The van der Waals surface area contributed by atoms with E-state index in [0.717, 1.165) is 18.5 Å². The Kier molecular flexibility index (Phi) is 6.33. The van der Waals surface area contributed by atoms with Crippen molar-refractivity contribution >= 4 is 17.5 Å². The van der Waals surface area contributed by atoms with Crippen LogP contribution in [0.2, 0.25) is 0 Å². The summed E-state index contributed by atoms with van der Waals surface area (Å²) in [5, 5.41) is 0. The van der Waals surface area contributed by atoms with E-state index in [1.165, 1.54) is 0 Å². The minimum absolute atomic E-state index is 0.208. The van der Waals surface area contributed by atoms with Crippen molar-refractivity contribution in [1.82, 2.24) is 4.90 Å². The molecule has 0 spiro atoms. The molecule has 1 heterocycles. The number of amides is 1. The number of likely N-dealkylation sites (tertiary alicyclic amines) is 1. The second-order valence-corrected chi connectivity index (χ2v) is 3.23. The molecule has 1 amide bonds. The van der Waals surface area contributed by atoms with Crippen molar-refractivity contribution in [3.8, 4) is 0 Å². The molecule has 0 N–H and O–H groups in total. The lowest BCUT2D eigenvalue weighted by atomic mass is 10.4. The molecule has 0 saturated carbocycles. The van der Waals surface area contributed by atoms with Gasteiger partial charge in [-0.15, -0.1) is 11.6 Å². The third-order valence-corrected chi connectivity index (χ3v) is 2.01. The van der Waals surface area contributed by atoms with Crippen molar-refractivity contribution in [2.45, 2.75) is 19.8 Å². The van der Waals surface area contributed by atoms with E-state index in [9.17, 15) is 4.79 Å². The number of rotatable bonds is 2. The predicted octanol–water partition coefficient (Wildman–Crippen LogP) is 2.55. The average Bonchev–Trinajstić information content (AvgIpc) is 2.52. The highest BCUT2D eigenvalue weighted by Gasteiger charge is 2.15. The maximum atomic E-state index is 10.7. The van der Waals surface area contributed by atoms with Crippen molar-refractivity contribution in [2.24, 2.45) is 0 Å². The van der Waals surface area contributed by atoms with Gasteiger partial charge in [0.25, 0.3) is 0 Å². The maximum Gasteiger partial charge on any atom is 0.226 e. The van der Waals surface area contributed by atoms with Gasteiger partial charge < -0.3 is 4.90 Å². The van der Waals surface area contributed by atoms with E-state index in [1.807, 2.05) is 6.92 Å². The van der Waals surface area contributed by atoms with E-state index >= 15 is 0 Å². The summed E-state index contributed by atoms with van der Waals surface area (Å²) in [5.74, 6) is 0.792. The zero-order chi connectivity index (χ0) is 10.3. The summed E-state index contributed by atoms with van der Waals surface area (Å²) in [4.78, 5) is 12.3. The van der Waals surface area contributed by atoms with E-state index in [2.05, 4.69) is 13.2 Å². The molecule has 1 aliphatic rings. The Morgan fingerprint density at radius 2 is 2.31 bits per heavy atom. The number of allylic oxidation sites excluding steroid dienone is 1. The van der Waals surface area contributed by atoms with Crippen LogP contribution in [0.1, 0.15) is 19.8 Å². The Bertz CT molecular complexity index is 201. The van der Waals surface area contributed by atoms with Gasteiger partial charge in [-0.1, -0.05) is 18.7 Å². The lowest BCUT2D eigenvalue weighted by Crippen LogP contribution is -2.16. The molecule has 74 valence electrons. The van der Waals surface area contributed by atoms with Crippen LogP contribution in [0.25, 0.3) is 0 Å². The quantitative estimate of drug-likeness (QED) is 0.497. The van der Waals surface area contributed by atoms with E-state index in [-0.39, 0.29) is 5.91 Å². The summed E-state index contributed by atoms with van der Waals surface area (Å²) in [6, 6.07) is 0. The molecule has 1 saturated heterocycles. The Labute approximate surface area is 84.9 Å². The minimum atomic E-state index is 0.208. The number of carbonyl (C=O) groups excluding carboxylic acids is 1. The minimum Gasteiger partial charge on any atom is -0.320 e. The molecule has 1 fully saturated rings. The van der Waals surface area contributed by atoms with Gasteiger partial charge >= 0.3 is 0 Å². The largest absolute Gasteiger partial charge is 0.320 e. The first-order chi connectivity index (χ1) is 6.11. The molecule has 0 bridgehead atoms. The zero-order valence-electron chi connectivity index (χ0n) is 8.05. The Morgan fingerprint density at radius 1 is 1.77 bits per heavy atom. The molecule has 1 rings (SSSR count). The SMILES string of the molecule is C=C(C)CCl.C=CN1CCCC1=O. The molecule has 0 aromatic rings. The summed E-state index contributed by atoms with van der Waals surface area (Å²) in [5.41, 5.74) is 1.02. The van der Waals surface area contributed by atoms with E-state index < -0.39 is 0 Å². The molecular formula is C10H16ClNO. The summed E-state index contributed by atoms with van der Waals surface area (Å²) in [6.07, 6.45) is 3.28. The Morgan fingerprint density at radius 3 is 2.46 bits per heavy atom. The fourth-order valence-corrected chi connectivity index (χ4v) is 0.862. The van der Waals surface area contributed by atoms with Crippen LogP contribution in [0, 0.1) is 0 Å². The molecule has 0 aromatic heterocycles. The van der Waals surface area contributed by atoms with Crippen LogP contribution >= 0.6 is 11.6 Å². The van der Waals surface area contributed by atoms with Gasteiger partial charge in [0.2, 0.25) is 5.91 Å². The normalized spacial score (nSPS) is 14.9. The molecule has 3 heteroatoms. The highest BCUT2D eigenvalue weighted by atomic mass is 35.5. The Hall–Kier alpha value is -0.760. The third kappa shape index (κ3) is 5.47. The molecule has 0 aliphatic carbocycles. The number of alkyl halides is 1. The molecule has 2 nitrogen and oxygen atoms in total. The topological polar surface area (TPSA) is 20.3 Å². The van der Waals surface area contributed by atoms with Gasteiger partial charge in [-0.05, 0) is 19.5 Å². The first-order valence-electron chi connectivity index (χ1n) is 4.24. The summed E-state index contributed by atoms with van der Waals surface area (Å²) in [7, 11) is 0. The van der Waals surface area contributed by atoms with Crippen molar-refractivity contribution in [3.05, 3.63) is 24.9 Å². The lowest BCUT2D eigenvalue weighted by molar-refractivity contribution is -0.125. The second kappa shape index (κ2) is 6.72. The number of halogens is 1. The molecule has 0 unspecified atom stereocenters. The lowest BCUT2D eigenvalue weighted by Gasteiger charge is -2.05. The maximum absolute atomic E-state index is 10.7. The first-order valence-corrected chi connectivity index (χ1v) is 4.77. The van der Waals surface area contributed by atoms with Crippen molar-refractivity contribution < 1.29 is 4.79 Å². The number of nitrogens with zero attached hydrogens (tertiary/aromatic N) is 1. The van der Waals surface area contributed by atoms with Gasteiger partial charge in [-0.3, -0.25) is 4.79 Å². The fourth-order valence-electron chi connectivity index (χ4n) is 0.862. The van der Waals surface area contributed by atoms with E-state index in [4.69, 9.17) is 11.6 Å². The van der Waals surface area contributed by atoms with Crippen molar-refractivity contribution in [1.29, 1.82) is 0 Å². The summed E-state index contributed by atoms with van der Waals surface area (Å²) >= 11 is 5.24. The van der Waals surface area contributed by atoms with Gasteiger partial charge in [0, 0.05) is 18.8 Å². The van der Waals surface area contributed by atoms with Crippen LogP contribution in [-0.4, -0.2) is 23.2 Å². The summed E-state index contributed by atoms with van der Waals surface area (Å²) < 4.78 is 0. The van der Waals surface area contributed by atoms with Gasteiger partial charge in [-0.2, -0.15) is 0 Å². The van der Waals surface area contributed by atoms with Crippen molar-refractivity contribution in [2.75, 3.05) is 12.4 Å². The van der Waals surface area contributed by atoms with Crippen LogP contribution in [-0.2, 0) is 4.79 Å². The van der Waals surface area contributed by atoms with Crippen LogP contribution < -0.4 is 0 Å². The number of hydrogen-bond donors (Lipinski definition) is 0. The van der Waals surface area contributed by atoms with Crippen LogP contribution in [0.4, 0.5) is 0 Å². The highest BCUT2D eigenvalue weighted by Crippen LogP contribution is 2.08. The second-order valence-electron chi connectivity index (χ2n) is 2.96. The van der Waals surface area contributed by atoms with Gasteiger partial charge in [0.05, 0.1) is 0 Å². The van der Waals surface area contributed by atoms with Crippen LogP contribution in [0.3, 0.4) is 0 Å². The smallest absolute Gasteiger partial charge is 0.226 e. The molecule has 13 heavy (non-hydrogen) atoms. The number of carbonyl (C=O) groups is 1. The molecular weight excluding hydrogens is 186 g/mol. The molecule has 0 atom stereocenters. The average molecular weight is 202 g/mol. The summed E-state index contributed by atoms with van der Waals surface area (Å²) in [6.45, 7) is 9.80. The van der Waals surface area contributed by atoms with Gasteiger partial charge in [0.15, 0.2) is 0 Å². The van der Waals surface area contributed by atoms with Gasteiger partial charge in [0.1, 0.15) is 0 Å².